The van der Waals surface area contributed by atoms with Crippen LogP contribution < -0.4 is 14.6 Å². The Hall–Kier alpha value is -3.89. The Labute approximate surface area is 285 Å². The second kappa shape index (κ2) is 17.5. The Morgan fingerprint density at radius 3 is 2.31 bits per heavy atom. The molecule has 0 radical (unpaired) electrons. The summed E-state index contributed by atoms with van der Waals surface area (Å²) in [6.07, 6.45) is -0.0228. The van der Waals surface area contributed by atoms with Crippen molar-refractivity contribution in [1.29, 1.82) is 0 Å². The van der Waals surface area contributed by atoms with Crippen molar-refractivity contribution in [1.82, 2.24) is 4.90 Å². The molecule has 0 aliphatic carbocycles. The number of benzene rings is 4. The second-order valence-electron chi connectivity index (χ2n) is 13.6. The number of likely N-dealkylation sites (tertiary alicyclic amines) is 1. The summed E-state index contributed by atoms with van der Waals surface area (Å²) >= 11 is 0. The topological polar surface area (TPSA) is 89.5 Å². The number of nitrogens with zero attached hydrogens (tertiary/aromatic N) is 1. The van der Waals surface area contributed by atoms with Gasteiger partial charge in [0.05, 0.1) is 32.5 Å². The molecular formula is C39H48NO7Si-. The molecule has 0 bridgehead atoms. The van der Waals surface area contributed by atoms with E-state index in [9.17, 15) is 9.90 Å². The summed E-state index contributed by atoms with van der Waals surface area (Å²) in [6.45, 7) is 10.8. The minimum absolute atomic E-state index is 0.0501. The molecule has 0 N–H and O–H groups in total. The summed E-state index contributed by atoms with van der Waals surface area (Å²) in [5.41, 5.74) is 3.28. The number of piperidine rings is 1. The zero-order chi connectivity index (χ0) is 33.8. The van der Waals surface area contributed by atoms with Crippen molar-refractivity contribution < 1.29 is 33.6 Å². The van der Waals surface area contributed by atoms with Crippen LogP contribution in [0.5, 0.6) is 11.5 Å². The molecule has 4 aromatic carbocycles. The quantitative estimate of drug-likeness (QED) is 0.0665. The molecule has 1 aliphatic heterocycles. The van der Waals surface area contributed by atoms with Crippen LogP contribution in [0.1, 0.15) is 35.4 Å². The number of hydrogen-bond donors (Lipinski definition) is 0. The average Bonchev–Trinajstić information content (AvgIpc) is 3.08. The van der Waals surface area contributed by atoms with Gasteiger partial charge in [0.15, 0.2) is 6.79 Å². The predicted molar refractivity (Wildman–Crippen MR) is 189 cm³/mol. The maximum absolute atomic E-state index is 11.7. The van der Waals surface area contributed by atoms with Gasteiger partial charge in [-0.1, -0.05) is 80.3 Å². The van der Waals surface area contributed by atoms with Gasteiger partial charge < -0.3 is 38.5 Å². The van der Waals surface area contributed by atoms with Crippen LogP contribution in [-0.2, 0) is 27.4 Å². The first-order chi connectivity index (χ1) is 23.2. The highest BCUT2D eigenvalue weighted by Gasteiger charge is 2.31. The van der Waals surface area contributed by atoms with E-state index in [1.165, 1.54) is 4.90 Å². The Balaban J connectivity index is 1.12. The van der Waals surface area contributed by atoms with Crippen molar-refractivity contribution in [3.63, 3.8) is 0 Å². The molecule has 2 unspecified atom stereocenters. The second-order valence-corrected chi connectivity index (χ2v) is 19.2. The molecule has 0 spiro atoms. The molecule has 0 aromatic heterocycles. The van der Waals surface area contributed by atoms with Crippen molar-refractivity contribution in [2.24, 2.45) is 0 Å². The van der Waals surface area contributed by atoms with Crippen molar-refractivity contribution >= 4 is 24.9 Å². The normalized spacial score (nSPS) is 16.6. The van der Waals surface area contributed by atoms with Crippen LogP contribution in [0.25, 0.3) is 10.8 Å². The Morgan fingerprint density at radius 1 is 0.792 bits per heavy atom. The summed E-state index contributed by atoms with van der Waals surface area (Å²) in [4.78, 5) is 13.1. The van der Waals surface area contributed by atoms with Crippen molar-refractivity contribution in [3.8, 4) is 11.5 Å². The summed E-state index contributed by atoms with van der Waals surface area (Å²) in [6, 6.07) is 31.5. The fourth-order valence-corrected chi connectivity index (χ4v) is 6.52. The van der Waals surface area contributed by atoms with Gasteiger partial charge in [0, 0.05) is 40.1 Å². The number of amides is 1. The van der Waals surface area contributed by atoms with Crippen LogP contribution in [0, 0.1) is 0 Å². The van der Waals surface area contributed by atoms with Crippen molar-refractivity contribution in [2.75, 3.05) is 39.7 Å². The molecule has 4 aromatic rings. The lowest BCUT2D eigenvalue weighted by Crippen LogP contribution is -2.51. The lowest BCUT2D eigenvalue weighted by molar-refractivity contribution is -0.268. The van der Waals surface area contributed by atoms with Crippen LogP contribution in [-0.4, -0.2) is 64.9 Å². The van der Waals surface area contributed by atoms with Gasteiger partial charge in [-0.05, 0) is 70.3 Å². The SMILES string of the molecule is C[Si](C)(C)CCOCOc1ccc2cc(COC3CN(C(=O)[O-])CCC3c3ccc(OCCCOCc4ccccc4)cc3)ccc2c1. The van der Waals surface area contributed by atoms with E-state index < -0.39 is 14.2 Å². The van der Waals surface area contributed by atoms with E-state index >= 15 is 0 Å². The van der Waals surface area contributed by atoms with Gasteiger partial charge >= 0.3 is 0 Å². The third kappa shape index (κ3) is 11.1. The van der Waals surface area contributed by atoms with Crippen LogP contribution in [0.3, 0.4) is 0 Å². The van der Waals surface area contributed by atoms with Crippen molar-refractivity contribution in [3.05, 3.63) is 108 Å². The number of carboxylic acid groups (broad SMARTS) is 1. The molecule has 8 nitrogen and oxygen atoms in total. The minimum atomic E-state index is -1.16. The number of carbonyl (C=O) groups excluding carboxylic acids is 1. The fraction of sp³-hybridized carbons (Fsp3) is 0.410. The van der Waals surface area contributed by atoms with E-state index in [2.05, 4.69) is 56.0 Å². The van der Waals surface area contributed by atoms with E-state index in [0.717, 1.165) is 58.0 Å². The van der Waals surface area contributed by atoms with Crippen LogP contribution in [0.15, 0.2) is 91.0 Å². The molecule has 5 rings (SSSR count). The highest BCUT2D eigenvalue weighted by Crippen LogP contribution is 2.32. The lowest BCUT2D eigenvalue weighted by Gasteiger charge is -2.40. The molecule has 1 amide bonds. The zero-order valence-corrected chi connectivity index (χ0v) is 29.4. The molecule has 1 heterocycles. The molecular weight excluding hydrogens is 623 g/mol. The Bertz CT molecular complexity index is 1580. The smallest absolute Gasteiger partial charge is 0.189 e. The average molecular weight is 671 g/mol. The molecule has 1 fully saturated rings. The highest BCUT2D eigenvalue weighted by molar-refractivity contribution is 6.76. The standard InChI is InChI=1S/C39H49NO7Si/c1-48(2,3)23-22-44-29-47-36-17-14-33-24-31(10-11-34(33)25-36)28-46-38-26-40(39(41)42)19-18-37(38)32-12-15-35(16-13-32)45-21-7-20-43-27-30-8-5-4-6-9-30/h4-6,8-17,24-25,37-38H,7,18-23,26-29H2,1-3H3,(H,41,42)/p-1. The van der Waals surface area contributed by atoms with E-state index in [-0.39, 0.29) is 25.4 Å². The first kappa shape index (κ1) is 35.4. The number of carbonyl (C=O) groups is 1. The molecule has 1 aliphatic rings. The molecule has 1 saturated heterocycles. The van der Waals surface area contributed by atoms with Crippen molar-refractivity contribution in [2.45, 2.75) is 63.8 Å². The largest absolute Gasteiger partial charge is 0.530 e. The molecule has 9 heteroatoms. The summed E-state index contributed by atoms with van der Waals surface area (Å²) in [5.74, 6) is 1.62. The maximum atomic E-state index is 11.7. The van der Waals surface area contributed by atoms with E-state index in [1.54, 1.807) is 0 Å². The fourth-order valence-electron chi connectivity index (χ4n) is 5.76. The number of fused-ring (bicyclic) bond motifs is 1. The molecule has 0 saturated carbocycles. The molecule has 2 atom stereocenters. The van der Waals surface area contributed by atoms with Crippen LogP contribution in [0.2, 0.25) is 25.7 Å². The van der Waals surface area contributed by atoms with E-state index in [1.807, 2.05) is 54.6 Å². The minimum Gasteiger partial charge on any atom is -0.530 e. The van der Waals surface area contributed by atoms with Gasteiger partial charge in [-0.2, -0.15) is 0 Å². The van der Waals surface area contributed by atoms with Gasteiger partial charge in [0.25, 0.3) is 0 Å². The Kier molecular flexibility index (Phi) is 12.9. The monoisotopic (exact) mass is 670 g/mol. The third-order valence-corrected chi connectivity index (χ3v) is 10.3. The van der Waals surface area contributed by atoms with Gasteiger partial charge in [-0.3, -0.25) is 0 Å². The first-order valence-electron chi connectivity index (χ1n) is 16.9. The Morgan fingerprint density at radius 2 is 1.54 bits per heavy atom. The summed E-state index contributed by atoms with van der Waals surface area (Å²) in [5, 5.41) is 13.9. The first-order valence-corrected chi connectivity index (χ1v) is 20.6. The predicted octanol–water partition coefficient (Wildman–Crippen LogP) is 7.23. The summed E-state index contributed by atoms with van der Waals surface area (Å²) in [7, 11) is -1.12. The summed E-state index contributed by atoms with van der Waals surface area (Å²) < 4.78 is 29.6. The van der Waals surface area contributed by atoms with Gasteiger partial charge in [0.2, 0.25) is 0 Å². The van der Waals surface area contributed by atoms with Crippen LogP contribution in [0.4, 0.5) is 4.79 Å². The number of ether oxygens (including phenoxy) is 5. The molecule has 256 valence electrons. The van der Waals surface area contributed by atoms with Gasteiger partial charge in [-0.15, -0.1) is 0 Å². The number of rotatable bonds is 17. The maximum Gasteiger partial charge on any atom is 0.189 e. The lowest BCUT2D eigenvalue weighted by atomic mass is 9.87. The molecule has 48 heavy (non-hydrogen) atoms. The van der Waals surface area contributed by atoms with Gasteiger partial charge in [0.1, 0.15) is 17.6 Å². The van der Waals surface area contributed by atoms with E-state index in [4.69, 9.17) is 23.7 Å². The highest BCUT2D eigenvalue weighted by atomic mass is 28.3. The van der Waals surface area contributed by atoms with E-state index in [0.29, 0.717) is 39.4 Å². The van der Waals surface area contributed by atoms with Gasteiger partial charge in [-0.25, -0.2) is 0 Å². The third-order valence-electron chi connectivity index (χ3n) is 8.58. The zero-order valence-electron chi connectivity index (χ0n) is 28.4. The van der Waals surface area contributed by atoms with Crippen LogP contribution >= 0.6 is 0 Å². The number of hydrogen-bond acceptors (Lipinski definition) is 7.